The molecule has 0 spiro atoms. The zero-order chi connectivity index (χ0) is 33.0. The lowest BCUT2D eigenvalue weighted by molar-refractivity contribution is -0.137. The Hall–Kier alpha value is -4.47. The van der Waals surface area contributed by atoms with E-state index < -0.39 is 49.3 Å². The van der Waals surface area contributed by atoms with E-state index in [0.29, 0.717) is 11.8 Å². The van der Waals surface area contributed by atoms with Crippen LogP contribution >= 0.6 is 11.6 Å². The monoisotopic (exact) mass is 683 g/mol. The van der Waals surface area contributed by atoms with Gasteiger partial charge in [-0.2, -0.15) is 13.2 Å². The van der Waals surface area contributed by atoms with Gasteiger partial charge in [0, 0.05) is 17.4 Å². The van der Waals surface area contributed by atoms with Gasteiger partial charge in [0.25, 0.3) is 20.0 Å². The van der Waals surface area contributed by atoms with Crippen molar-refractivity contribution in [3.05, 3.63) is 102 Å². The van der Waals surface area contributed by atoms with Crippen LogP contribution in [0.1, 0.15) is 5.56 Å². The van der Waals surface area contributed by atoms with Crippen LogP contribution in [0.4, 0.5) is 30.2 Å². The van der Waals surface area contributed by atoms with Crippen LogP contribution in [0.25, 0.3) is 0 Å². The maximum atomic E-state index is 13.7. The molecule has 0 aliphatic heterocycles. The summed E-state index contributed by atoms with van der Waals surface area (Å²) >= 11 is 5.60. The molecule has 0 radical (unpaired) electrons. The van der Waals surface area contributed by atoms with Crippen molar-refractivity contribution in [1.29, 1.82) is 0 Å². The quantitative estimate of drug-likeness (QED) is 0.198. The lowest BCUT2D eigenvalue weighted by Gasteiger charge is -2.26. The van der Waals surface area contributed by atoms with Crippen molar-refractivity contribution in [3.8, 4) is 11.5 Å². The lowest BCUT2D eigenvalue weighted by atomic mass is 10.2. The molecule has 4 aromatic rings. The normalized spacial score (nSPS) is 11.9. The van der Waals surface area contributed by atoms with Gasteiger partial charge >= 0.3 is 6.18 Å². The van der Waals surface area contributed by atoms with Crippen LogP contribution < -0.4 is 23.8 Å². The van der Waals surface area contributed by atoms with Crippen LogP contribution in [0.3, 0.4) is 0 Å². The van der Waals surface area contributed by atoms with E-state index in [4.69, 9.17) is 21.1 Å². The Morgan fingerprint density at radius 3 is 2.07 bits per heavy atom. The van der Waals surface area contributed by atoms with E-state index in [0.717, 1.165) is 28.6 Å². The summed E-state index contributed by atoms with van der Waals surface area (Å²) < 4.78 is 106. The predicted molar refractivity (Wildman–Crippen MR) is 163 cm³/mol. The fraction of sp³-hybridized carbons (Fsp3) is 0.138. The molecule has 10 nitrogen and oxygen atoms in total. The Bertz CT molecular complexity index is 1910. The molecule has 0 bridgehead atoms. The molecule has 4 rings (SSSR count). The Kier molecular flexibility index (Phi) is 9.85. The summed E-state index contributed by atoms with van der Waals surface area (Å²) in [5, 5.41) is 1.93. The number of nitrogens with one attached hydrogen (secondary N) is 2. The minimum absolute atomic E-state index is 0.0562. The lowest BCUT2D eigenvalue weighted by Crippen LogP contribution is -2.38. The molecule has 0 aromatic heterocycles. The molecule has 0 aliphatic carbocycles. The van der Waals surface area contributed by atoms with Crippen LogP contribution in [-0.2, 0) is 31.0 Å². The first-order chi connectivity index (χ1) is 21.2. The highest BCUT2D eigenvalue weighted by molar-refractivity contribution is 7.93. The average molecular weight is 684 g/mol. The van der Waals surface area contributed by atoms with E-state index >= 15 is 0 Å². The van der Waals surface area contributed by atoms with Gasteiger partial charge in [0.05, 0.1) is 40.3 Å². The number of anilines is 3. The van der Waals surface area contributed by atoms with Crippen molar-refractivity contribution in [1.82, 2.24) is 0 Å². The number of halogens is 4. The molecular formula is C29H25ClF3N3O7S2. The Morgan fingerprint density at radius 1 is 0.822 bits per heavy atom. The van der Waals surface area contributed by atoms with E-state index in [1.54, 1.807) is 6.07 Å². The van der Waals surface area contributed by atoms with E-state index in [9.17, 15) is 34.8 Å². The maximum Gasteiger partial charge on any atom is 0.417 e. The number of carbonyl (C=O) groups excluding carboxylic acids is 1. The number of ether oxygens (including phenoxy) is 2. The maximum absolute atomic E-state index is 13.7. The summed E-state index contributed by atoms with van der Waals surface area (Å²) in [4.78, 5) is 12.7. The number of amides is 1. The minimum atomic E-state index is -4.80. The van der Waals surface area contributed by atoms with Crippen molar-refractivity contribution in [2.75, 3.05) is 35.1 Å². The number of rotatable bonds is 11. The number of benzene rings is 4. The van der Waals surface area contributed by atoms with E-state index in [-0.39, 0.29) is 32.6 Å². The Labute approximate surface area is 262 Å². The van der Waals surface area contributed by atoms with Crippen molar-refractivity contribution in [2.45, 2.75) is 16.0 Å². The molecule has 45 heavy (non-hydrogen) atoms. The number of alkyl halides is 3. The van der Waals surface area contributed by atoms with Crippen LogP contribution in [0.15, 0.2) is 101 Å². The number of methoxy groups -OCH3 is 2. The van der Waals surface area contributed by atoms with Gasteiger partial charge in [-0.05, 0) is 66.7 Å². The predicted octanol–water partition coefficient (Wildman–Crippen LogP) is 6.01. The number of sulfonamides is 2. The molecular weight excluding hydrogens is 659 g/mol. The molecule has 0 heterocycles. The van der Waals surface area contributed by atoms with Gasteiger partial charge in [-0.3, -0.25) is 13.8 Å². The average Bonchev–Trinajstić information content (AvgIpc) is 3.00. The zero-order valence-electron chi connectivity index (χ0n) is 23.5. The molecule has 0 unspecified atom stereocenters. The number of carbonyl (C=O) groups is 1. The van der Waals surface area contributed by atoms with Crippen LogP contribution in [0.2, 0.25) is 5.02 Å². The van der Waals surface area contributed by atoms with Crippen molar-refractivity contribution in [2.24, 2.45) is 0 Å². The highest BCUT2D eigenvalue weighted by atomic mass is 35.5. The number of hydrogen-bond acceptors (Lipinski definition) is 7. The molecule has 0 saturated carbocycles. The highest BCUT2D eigenvalue weighted by Gasteiger charge is 2.34. The zero-order valence-corrected chi connectivity index (χ0v) is 25.9. The summed E-state index contributed by atoms with van der Waals surface area (Å²) in [6.07, 6.45) is -4.80. The minimum Gasteiger partial charge on any atom is -0.497 e. The van der Waals surface area contributed by atoms with Gasteiger partial charge in [0.2, 0.25) is 5.91 Å². The second kappa shape index (κ2) is 13.3. The molecule has 2 N–H and O–H groups in total. The molecule has 4 aromatic carbocycles. The summed E-state index contributed by atoms with van der Waals surface area (Å²) in [5.74, 6) is -0.271. The molecule has 0 atom stereocenters. The van der Waals surface area contributed by atoms with Crippen LogP contribution in [0.5, 0.6) is 11.5 Å². The number of hydrogen-bond donors (Lipinski definition) is 2. The van der Waals surface area contributed by atoms with E-state index in [1.165, 1.54) is 68.8 Å². The van der Waals surface area contributed by atoms with Crippen molar-refractivity contribution >= 4 is 54.6 Å². The van der Waals surface area contributed by atoms with E-state index in [1.807, 2.05) is 0 Å². The first-order valence-electron chi connectivity index (χ1n) is 12.7. The first kappa shape index (κ1) is 33.4. The first-order valence-corrected chi connectivity index (χ1v) is 16.0. The van der Waals surface area contributed by atoms with Gasteiger partial charge < -0.3 is 14.8 Å². The second-order valence-corrected chi connectivity index (χ2v) is 13.2. The van der Waals surface area contributed by atoms with Crippen molar-refractivity contribution in [3.63, 3.8) is 0 Å². The van der Waals surface area contributed by atoms with Gasteiger partial charge in [-0.25, -0.2) is 16.8 Å². The van der Waals surface area contributed by atoms with Gasteiger partial charge in [-0.1, -0.05) is 29.8 Å². The number of nitrogens with zero attached hydrogens (tertiary/aromatic N) is 1. The third kappa shape index (κ3) is 7.79. The molecule has 1 amide bonds. The molecule has 0 fully saturated rings. The Morgan fingerprint density at radius 2 is 1.47 bits per heavy atom. The van der Waals surface area contributed by atoms with Gasteiger partial charge in [0.15, 0.2) is 0 Å². The summed E-state index contributed by atoms with van der Waals surface area (Å²) in [5.41, 5.74) is -1.40. The SMILES string of the molecule is COc1ccc(N(CC(=O)Nc2ccc(S(=O)(=O)Nc3ccc(Cl)c(C(F)(F)F)c3)cc2)S(=O)(=O)c2ccccc2)c(OC)c1. The fourth-order valence-electron chi connectivity index (χ4n) is 4.08. The van der Waals surface area contributed by atoms with Crippen molar-refractivity contribution < 1.29 is 44.3 Å². The third-order valence-corrected chi connectivity index (χ3v) is 9.75. The summed E-state index contributed by atoms with van der Waals surface area (Å²) in [6, 6.07) is 19.1. The Balaban J connectivity index is 1.56. The van der Waals surface area contributed by atoms with Gasteiger partial charge in [0.1, 0.15) is 18.0 Å². The summed E-state index contributed by atoms with van der Waals surface area (Å²) in [7, 11) is -5.86. The molecule has 238 valence electrons. The fourth-order valence-corrected chi connectivity index (χ4v) is 6.81. The van der Waals surface area contributed by atoms with Gasteiger partial charge in [-0.15, -0.1) is 0 Å². The third-order valence-electron chi connectivity index (χ3n) is 6.25. The standard InChI is InChI=1S/C29H25ClF3N3O7S2/c1-42-21-11-15-26(27(17-21)43-2)36(45(40,41)23-6-4-3-5-7-23)18-28(37)34-19-8-12-22(13-9-19)44(38,39)35-20-10-14-25(30)24(16-20)29(31,32)33/h3-17,35H,18H2,1-2H3,(H,34,37). The molecule has 16 heteroatoms. The van der Waals surface area contributed by atoms with Crippen LogP contribution in [-0.4, -0.2) is 43.5 Å². The molecule has 0 aliphatic rings. The topological polar surface area (TPSA) is 131 Å². The smallest absolute Gasteiger partial charge is 0.417 e. The van der Waals surface area contributed by atoms with E-state index in [2.05, 4.69) is 10.0 Å². The largest absolute Gasteiger partial charge is 0.497 e. The molecule has 0 saturated heterocycles. The summed E-state index contributed by atoms with van der Waals surface area (Å²) in [6.45, 7) is -0.695. The second-order valence-electron chi connectivity index (χ2n) is 9.23. The highest BCUT2D eigenvalue weighted by Crippen LogP contribution is 2.37. The van der Waals surface area contributed by atoms with Crippen LogP contribution in [0, 0.1) is 0 Å².